The maximum absolute atomic E-state index is 13.3. The fourth-order valence-corrected chi connectivity index (χ4v) is 4.80. The first kappa shape index (κ1) is 19.1. The van der Waals surface area contributed by atoms with Gasteiger partial charge in [-0.1, -0.05) is 17.7 Å². The molecule has 2 fully saturated rings. The molecule has 3 atom stereocenters. The fourth-order valence-electron chi connectivity index (χ4n) is 4.62. The third kappa shape index (κ3) is 2.45. The smallest absolute Gasteiger partial charge is 0.332 e. The summed E-state index contributed by atoms with van der Waals surface area (Å²) in [4.78, 5) is 36.5. The summed E-state index contributed by atoms with van der Waals surface area (Å²) in [5, 5.41) is 0.561. The third-order valence-electron chi connectivity index (χ3n) is 5.80. The van der Waals surface area contributed by atoms with Crippen LogP contribution in [0.5, 0.6) is 5.75 Å². The van der Waals surface area contributed by atoms with Gasteiger partial charge in [-0.25, -0.2) is 19.3 Å². The predicted molar refractivity (Wildman–Crippen MR) is 108 cm³/mol. The number of benzene rings is 1. The molecule has 9 nitrogen and oxygen atoms in total. The standard InChI is InChI=1S/C20H20ClN5O4/c1-3-29-20(26-14-10-22-11-23-17(14)24(2)19(26)28)16-15(7-8-25(16)18(20)27)30-13-6-4-5-12(21)9-13/h4-6,9-11,15-16H,3,7-8H2,1-2H3/t15-,16?,20?/m1/s1. The number of amides is 1. The number of ether oxygens (including phenoxy) is 2. The number of fused-ring (bicyclic) bond motifs is 2. The van der Waals surface area contributed by atoms with Crippen molar-refractivity contribution in [3.05, 3.63) is 52.3 Å². The van der Waals surface area contributed by atoms with Crippen LogP contribution in [0, 0.1) is 0 Å². The minimum Gasteiger partial charge on any atom is -0.488 e. The van der Waals surface area contributed by atoms with Gasteiger partial charge in [0.1, 0.15) is 29.7 Å². The first-order valence-electron chi connectivity index (χ1n) is 9.74. The maximum atomic E-state index is 13.3. The number of β-lactam (4-membered cyclic amide) rings is 1. The van der Waals surface area contributed by atoms with E-state index in [1.165, 1.54) is 21.7 Å². The highest BCUT2D eigenvalue weighted by Crippen LogP contribution is 2.46. The topological polar surface area (TPSA) is 91.5 Å². The highest BCUT2D eigenvalue weighted by Gasteiger charge is 2.70. The van der Waals surface area contributed by atoms with Gasteiger partial charge in [-0.15, -0.1) is 0 Å². The summed E-state index contributed by atoms with van der Waals surface area (Å²) in [6.07, 6.45) is 3.16. The van der Waals surface area contributed by atoms with E-state index in [4.69, 9.17) is 21.1 Å². The van der Waals surface area contributed by atoms with Gasteiger partial charge >= 0.3 is 5.69 Å². The van der Waals surface area contributed by atoms with E-state index in [1.807, 2.05) is 6.07 Å². The summed E-state index contributed by atoms with van der Waals surface area (Å²) in [5.74, 6) is 0.345. The van der Waals surface area contributed by atoms with Gasteiger partial charge in [-0.05, 0) is 25.1 Å². The van der Waals surface area contributed by atoms with E-state index in [9.17, 15) is 9.59 Å². The lowest BCUT2D eigenvalue weighted by molar-refractivity contribution is -0.232. The van der Waals surface area contributed by atoms with Gasteiger partial charge < -0.3 is 14.4 Å². The van der Waals surface area contributed by atoms with Crippen LogP contribution in [0.1, 0.15) is 13.3 Å². The van der Waals surface area contributed by atoms with Crippen molar-refractivity contribution in [3.63, 3.8) is 0 Å². The minimum atomic E-state index is -1.50. The quantitative estimate of drug-likeness (QED) is 0.571. The largest absolute Gasteiger partial charge is 0.488 e. The summed E-state index contributed by atoms with van der Waals surface area (Å²) in [7, 11) is 1.61. The molecule has 156 valence electrons. The molecular weight excluding hydrogens is 410 g/mol. The third-order valence-corrected chi connectivity index (χ3v) is 6.04. The van der Waals surface area contributed by atoms with Crippen LogP contribution >= 0.6 is 11.6 Å². The van der Waals surface area contributed by atoms with Crippen LogP contribution in [0.2, 0.25) is 5.02 Å². The molecule has 1 amide bonds. The summed E-state index contributed by atoms with van der Waals surface area (Å²) >= 11 is 6.09. The van der Waals surface area contributed by atoms with Crippen molar-refractivity contribution in [1.82, 2.24) is 24.0 Å². The molecule has 0 radical (unpaired) electrons. The molecule has 2 aromatic heterocycles. The molecule has 0 bridgehead atoms. The number of aryl methyl sites for hydroxylation is 1. The molecule has 5 rings (SSSR count). The summed E-state index contributed by atoms with van der Waals surface area (Å²) in [6.45, 7) is 2.57. The van der Waals surface area contributed by atoms with Crippen molar-refractivity contribution < 1.29 is 14.3 Å². The number of imidazole rings is 1. The van der Waals surface area contributed by atoms with Crippen molar-refractivity contribution in [2.75, 3.05) is 13.2 Å². The lowest BCUT2D eigenvalue weighted by atomic mass is 9.88. The number of carbonyl (C=O) groups is 1. The summed E-state index contributed by atoms with van der Waals surface area (Å²) in [5.41, 5.74) is -1.01. The van der Waals surface area contributed by atoms with Gasteiger partial charge in [0.25, 0.3) is 11.6 Å². The normalized spacial score (nSPS) is 25.4. The Kier molecular flexibility index (Phi) is 4.33. The molecule has 3 aromatic rings. The molecule has 2 aliphatic rings. The number of hydrogen-bond acceptors (Lipinski definition) is 6. The van der Waals surface area contributed by atoms with E-state index < -0.39 is 11.8 Å². The average Bonchev–Trinajstić information content (AvgIpc) is 3.24. The molecule has 1 aromatic carbocycles. The van der Waals surface area contributed by atoms with E-state index >= 15 is 0 Å². The zero-order valence-corrected chi connectivity index (χ0v) is 17.2. The lowest BCUT2D eigenvalue weighted by Crippen LogP contribution is -2.77. The summed E-state index contributed by atoms with van der Waals surface area (Å²) in [6, 6.07) is 6.65. The molecule has 0 N–H and O–H groups in total. The second kappa shape index (κ2) is 6.82. The predicted octanol–water partition coefficient (Wildman–Crippen LogP) is 1.53. The van der Waals surface area contributed by atoms with E-state index in [0.29, 0.717) is 34.9 Å². The van der Waals surface area contributed by atoms with Gasteiger partial charge in [0.05, 0.1) is 6.20 Å². The summed E-state index contributed by atoms with van der Waals surface area (Å²) < 4.78 is 15.1. The molecule has 2 saturated heterocycles. The second-order valence-corrected chi connectivity index (χ2v) is 7.82. The number of hydrogen-bond donors (Lipinski definition) is 0. The Balaban J connectivity index is 1.64. The number of rotatable bonds is 5. The Morgan fingerprint density at radius 1 is 1.33 bits per heavy atom. The van der Waals surface area contributed by atoms with Gasteiger partial charge in [-0.2, -0.15) is 0 Å². The maximum Gasteiger partial charge on any atom is 0.332 e. The van der Waals surface area contributed by atoms with Crippen molar-refractivity contribution in [2.45, 2.75) is 31.2 Å². The van der Waals surface area contributed by atoms with Gasteiger partial charge in [-0.3, -0.25) is 9.36 Å². The van der Waals surface area contributed by atoms with E-state index in [1.54, 1.807) is 37.1 Å². The molecule has 2 unspecified atom stereocenters. The Labute approximate surface area is 176 Å². The van der Waals surface area contributed by atoms with Crippen molar-refractivity contribution in [2.24, 2.45) is 7.05 Å². The van der Waals surface area contributed by atoms with E-state index in [2.05, 4.69) is 9.97 Å². The van der Waals surface area contributed by atoms with Crippen LogP contribution in [0.25, 0.3) is 11.2 Å². The monoisotopic (exact) mass is 429 g/mol. The van der Waals surface area contributed by atoms with Crippen LogP contribution < -0.4 is 10.4 Å². The molecule has 4 heterocycles. The molecule has 30 heavy (non-hydrogen) atoms. The van der Waals surface area contributed by atoms with Gasteiger partial charge in [0, 0.05) is 31.6 Å². The SMILES string of the molecule is CCOC1(n2c(=O)n(C)c3ncncc32)C(=O)N2CC[C@@H](Oc3cccc(Cl)c3)C21. The van der Waals surface area contributed by atoms with Crippen molar-refractivity contribution in [3.8, 4) is 5.75 Å². The van der Waals surface area contributed by atoms with Gasteiger partial charge in [0.2, 0.25) is 0 Å². The molecule has 0 saturated carbocycles. The first-order chi connectivity index (χ1) is 14.5. The first-order valence-corrected chi connectivity index (χ1v) is 10.1. The number of carbonyl (C=O) groups excluding carboxylic acids is 1. The van der Waals surface area contributed by atoms with Crippen molar-refractivity contribution >= 4 is 28.7 Å². The number of halogens is 1. The highest BCUT2D eigenvalue weighted by molar-refractivity contribution is 6.30. The average molecular weight is 430 g/mol. The Hall–Kier alpha value is -2.91. The van der Waals surface area contributed by atoms with E-state index in [0.717, 1.165) is 0 Å². The van der Waals surface area contributed by atoms with Crippen LogP contribution in [-0.4, -0.2) is 55.2 Å². The lowest BCUT2D eigenvalue weighted by Gasteiger charge is -2.53. The minimum absolute atomic E-state index is 0.247. The van der Waals surface area contributed by atoms with Crippen LogP contribution in [0.15, 0.2) is 41.6 Å². The molecule has 0 spiro atoms. The van der Waals surface area contributed by atoms with Crippen molar-refractivity contribution in [1.29, 1.82) is 0 Å². The van der Waals surface area contributed by atoms with Gasteiger partial charge in [0.15, 0.2) is 5.65 Å². The second-order valence-electron chi connectivity index (χ2n) is 7.38. The van der Waals surface area contributed by atoms with Crippen LogP contribution in [0.4, 0.5) is 0 Å². The zero-order chi connectivity index (χ0) is 21.0. The Bertz CT molecular complexity index is 1210. The Morgan fingerprint density at radius 3 is 2.93 bits per heavy atom. The molecule has 0 aliphatic carbocycles. The number of nitrogens with zero attached hydrogens (tertiary/aromatic N) is 5. The van der Waals surface area contributed by atoms with Crippen LogP contribution in [-0.2, 0) is 22.3 Å². The number of aromatic nitrogens is 4. The molecular formula is C20H20ClN5O4. The molecule has 2 aliphatic heterocycles. The highest BCUT2D eigenvalue weighted by atomic mass is 35.5. The van der Waals surface area contributed by atoms with E-state index in [-0.39, 0.29) is 24.3 Å². The fraction of sp³-hybridized carbons (Fsp3) is 0.400. The molecule has 10 heteroatoms. The Morgan fingerprint density at radius 2 is 2.17 bits per heavy atom. The zero-order valence-electron chi connectivity index (χ0n) is 16.5. The van der Waals surface area contributed by atoms with Crippen LogP contribution in [0.3, 0.4) is 0 Å².